The van der Waals surface area contributed by atoms with Gasteiger partial charge in [-0.15, -0.1) is 0 Å². The number of carbonyl (C=O) groups excluding carboxylic acids is 2. The van der Waals surface area contributed by atoms with Gasteiger partial charge in [0.2, 0.25) is 10.0 Å². The Bertz CT molecular complexity index is 984. The fourth-order valence-electron chi connectivity index (χ4n) is 3.11. The predicted octanol–water partition coefficient (Wildman–Crippen LogP) is 1.84. The van der Waals surface area contributed by atoms with Crippen LogP contribution in [-0.2, 0) is 24.3 Å². The molecule has 1 saturated heterocycles. The first-order valence-corrected chi connectivity index (χ1v) is 11.5. The first kappa shape index (κ1) is 22.8. The van der Waals surface area contributed by atoms with E-state index >= 15 is 0 Å². The van der Waals surface area contributed by atoms with Gasteiger partial charge in [-0.2, -0.15) is 4.31 Å². The van der Waals surface area contributed by atoms with E-state index in [-0.39, 0.29) is 56.6 Å². The molecule has 9 heteroatoms. The van der Waals surface area contributed by atoms with E-state index < -0.39 is 16.0 Å². The van der Waals surface area contributed by atoms with E-state index in [1.165, 1.54) is 9.21 Å². The van der Waals surface area contributed by atoms with Crippen LogP contribution in [0.5, 0.6) is 5.75 Å². The summed E-state index contributed by atoms with van der Waals surface area (Å²) in [4.78, 5) is 25.9. The van der Waals surface area contributed by atoms with E-state index in [2.05, 4.69) is 0 Å². The van der Waals surface area contributed by atoms with Crippen molar-refractivity contribution in [3.05, 3.63) is 60.2 Å². The van der Waals surface area contributed by atoms with E-state index in [0.29, 0.717) is 5.75 Å². The molecule has 0 spiro atoms. The molecule has 0 atom stereocenters. The van der Waals surface area contributed by atoms with Gasteiger partial charge in [0.15, 0.2) is 6.61 Å². The molecule has 1 aliphatic heterocycles. The Morgan fingerprint density at radius 2 is 1.58 bits per heavy atom. The SMILES string of the molecule is Cc1ccc(OCCC(=O)OCC(=O)N2CCN(S(=O)(=O)c3ccccc3)CC2)cc1. The van der Waals surface area contributed by atoms with Gasteiger partial charge >= 0.3 is 5.97 Å². The average molecular weight is 447 g/mol. The molecule has 8 nitrogen and oxygen atoms in total. The molecule has 1 amide bonds. The van der Waals surface area contributed by atoms with Crippen LogP contribution in [0.25, 0.3) is 0 Å². The lowest BCUT2D eigenvalue weighted by molar-refractivity contribution is -0.152. The quantitative estimate of drug-likeness (QED) is 0.575. The molecule has 1 heterocycles. The van der Waals surface area contributed by atoms with Gasteiger partial charge in [0.1, 0.15) is 5.75 Å². The second-order valence-corrected chi connectivity index (χ2v) is 9.11. The Balaban J connectivity index is 1.38. The molecule has 0 aromatic heterocycles. The molecule has 3 rings (SSSR count). The largest absolute Gasteiger partial charge is 0.493 e. The van der Waals surface area contributed by atoms with Crippen molar-refractivity contribution in [3.8, 4) is 5.75 Å². The van der Waals surface area contributed by atoms with Gasteiger partial charge in [-0.1, -0.05) is 35.9 Å². The zero-order valence-electron chi connectivity index (χ0n) is 17.4. The molecule has 31 heavy (non-hydrogen) atoms. The number of piperazine rings is 1. The zero-order chi connectivity index (χ0) is 22.3. The van der Waals surface area contributed by atoms with Crippen LogP contribution in [0.4, 0.5) is 0 Å². The minimum absolute atomic E-state index is 0.0320. The Hall–Kier alpha value is -2.91. The molecular weight excluding hydrogens is 420 g/mol. The number of sulfonamides is 1. The average Bonchev–Trinajstić information content (AvgIpc) is 2.79. The van der Waals surface area contributed by atoms with Crippen LogP contribution < -0.4 is 4.74 Å². The molecule has 0 bridgehead atoms. The minimum atomic E-state index is -3.58. The van der Waals surface area contributed by atoms with Crippen molar-refractivity contribution in [2.75, 3.05) is 39.4 Å². The normalized spacial score (nSPS) is 14.8. The zero-order valence-corrected chi connectivity index (χ0v) is 18.2. The summed E-state index contributed by atoms with van der Waals surface area (Å²) in [6.07, 6.45) is 0.0320. The number of ether oxygens (including phenoxy) is 2. The number of esters is 1. The third-order valence-corrected chi connectivity index (χ3v) is 6.84. The Morgan fingerprint density at radius 1 is 0.935 bits per heavy atom. The summed E-state index contributed by atoms with van der Waals surface area (Å²) in [7, 11) is -3.58. The Kier molecular flexibility index (Phi) is 7.64. The molecule has 2 aromatic rings. The first-order chi connectivity index (χ1) is 14.9. The van der Waals surface area contributed by atoms with Crippen molar-refractivity contribution in [2.45, 2.75) is 18.2 Å². The summed E-state index contributed by atoms with van der Waals surface area (Å²) in [5.41, 5.74) is 1.11. The topological polar surface area (TPSA) is 93.2 Å². The molecule has 0 saturated carbocycles. The van der Waals surface area contributed by atoms with Crippen molar-refractivity contribution in [2.24, 2.45) is 0 Å². The molecular formula is C22H26N2O6S. The van der Waals surface area contributed by atoms with Crippen molar-refractivity contribution >= 4 is 21.9 Å². The summed E-state index contributed by atoms with van der Waals surface area (Å²) in [6, 6.07) is 15.7. The fourth-order valence-corrected chi connectivity index (χ4v) is 4.56. The number of nitrogens with zero attached hydrogens (tertiary/aromatic N) is 2. The molecule has 2 aromatic carbocycles. The second kappa shape index (κ2) is 10.4. The minimum Gasteiger partial charge on any atom is -0.493 e. The van der Waals surface area contributed by atoms with Crippen LogP contribution in [0, 0.1) is 6.92 Å². The molecule has 0 radical (unpaired) electrons. The predicted molar refractivity (Wildman–Crippen MR) is 114 cm³/mol. The fraction of sp³-hybridized carbons (Fsp3) is 0.364. The Morgan fingerprint density at radius 3 is 2.23 bits per heavy atom. The number of hydrogen-bond donors (Lipinski definition) is 0. The highest BCUT2D eigenvalue weighted by molar-refractivity contribution is 7.89. The van der Waals surface area contributed by atoms with Crippen molar-refractivity contribution in [3.63, 3.8) is 0 Å². The lowest BCUT2D eigenvalue weighted by Crippen LogP contribution is -2.51. The molecule has 0 N–H and O–H groups in total. The van der Waals surface area contributed by atoms with E-state index in [1.54, 1.807) is 30.3 Å². The smallest absolute Gasteiger partial charge is 0.309 e. The standard InChI is InChI=1S/C22H26N2O6S/c1-18-7-9-19(10-8-18)29-16-11-22(26)30-17-21(25)23-12-14-24(15-13-23)31(27,28)20-5-3-2-4-6-20/h2-10H,11-17H2,1H3. The van der Waals surface area contributed by atoms with Gasteiger partial charge in [-0.05, 0) is 31.2 Å². The summed E-state index contributed by atoms with van der Waals surface area (Å²) < 4.78 is 37.2. The maximum atomic E-state index is 12.6. The van der Waals surface area contributed by atoms with E-state index in [4.69, 9.17) is 9.47 Å². The number of benzene rings is 2. The van der Waals surface area contributed by atoms with Gasteiger partial charge in [0.05, 0.1) is 17.9 Å². The van der Waals surface area contributed by atoms with Crippen LogP contribution >= 0.6 is 0 Å². The third kappa shape index (κ3) is 6.28. The van der Waals surface area contributed by atoms with Crippen LogP contribution in [0.1, 0.15) is 12.0 Å². The maximum absolute atomic E-state index is 12.6. The summed E-state index contributed by atoms with van der Waals surface area (Å²) in [5, 5.41) is 0. The summed E-state index contributed by atoms with van der Waals surface area (Å²) >= 11 is 0. The van der Waals surface area contributed by atoms with E-state index in [0.717, 1.165) is 5.56 Å². The highest BCUT2D eigenvalue weighted by Gasteiger charge is 2.30. The van der Waals surface area contributed by atoms with Crippen LogP contribution in [-0.4, -0.2) is 68.9 Å². The van der Waals surface area contributed by atoms with Gasteiger partial charge in [-0.3, -0.25) is 9.59 Å². The summed E-state index contributed by atoms with van der Waals surface area (Å²) in [6.45, 7) is 2.65. The van der Waals surface area contributed by atoms with Crippen molar-refractivity contribution in [1.82, 2.24) is 9.21 Å². The number of amides is 1. The molecule has 0 unspecified atom stereocenters. The van der Waals surface area contributed by atoms with Gasteiger partial charge < -0.3 is 14.4 Å². The Labute approximate surface area is 182 Å². The highest BCUT2D eigenvalue weighted by Crippen LogP contribution is 2.17. The lowest BCUT2D eigenvalue weighted by atomic mass is 10.2. The van der Waals surface area contributed by atoms with Gasteiger partial charge in [0.25, 0.3) is 5.91 Å². The number of carbonyl (C=O) groups is 2. The number of rotatable bonds is 8. The summed E-state index contributed by atoms with van der Waals surface area (Å²) in [5.74, 6) is -0.201. The van der Waals surface area contributed by atoms with E-state index in [1.807, 2.05) is 31.2 Å². The maximum Gasteiger partial charge on any atom is 0.309 e. The van der Waals surface area contributed by atoms with Crippen molar-refractivity contribution < 1.29 is 27.5 Å². The molecule has 1 aliphatic rings. The van der Waals surface area contributed by atoms with Gasteiger partial charge in [0, 0.05) is 26.2 Å². The lowest BCUT2D eigenvalue weighted by Gasteiger charge is -2.33. The van der Waals surface area contributed by atoms with Crippen molar-refractivity contribution in [1.29, 1.82) is 0 Å². The van der Waals surface area contributed by atoms with Crippen LogP contribution in [0.2, 0.25) is 0 Å². The molecule has 1 fully saturated rings. The van der Waals surface area contributed by atoms with Gasteiger partial charge in [-0.25, -0.2) is 8.42 Å². The van der Waals surface area contributed by atoms with Crippen LogP contribution in [0.15, 0.2) is 59.5 Å². The number of hydrogen-bond acceptors (Lipinski definition) is 6. The van der Waals surface area contributed by atoms with E-state index in [9.17, 15) is 18.0 Å². The first-order valence-electron chi connectivity index (χ1n) is 10.0. The third-order valence-electron chi connectivity index (χ3n) is 4.92. The highest BCUT2D eigenvalue weighted by atomic mass is 32.2. The second-order valence-electron chi connectivity index (χ2n) is 7.17. The molecule has 0 aliphatic carbocycles. The monoisotopic (exact) mass is 446 g/mol. The van der Waals surface area contributed by atoms with Crippen LogP contribution in [0.3, 0.4) is 0 Å². The number of aryl methyl sites for hydroxylation is 1. The molecule has 166 valence electrons.